The molecule has 0 radical (unpaired) electrons. The number of nitrogens with two attached hydrogens (primary N) is 1. The highest BCUT2D eigenvalue weighted by atomic mass is 16.1. The molecule has 0 aliphatic heterocycles. The molecule has 1 aromatic rings. The van der Waals surface area contributed by atoms with Gasteiger partial charge in [0.25, 0.3) is 0 Å². The standard InChI is InChI=1S/C15H24N2O/c1-4-7-13(10-16)15(18)17-12(3)14-9-6-5-8-11(14)2/h5-6,8-9,12-13H,4,7,10,16H2,1-3H3,(H,17,18)/t12-,13?/m1/s1. The zero-order valence-corrected chi connectivity index (χ0v) is 11.6. The van der Waals surface area contributed by atoms with Crippen LogP contribution in [-0.2, 0) is 4.79 Å². The number of nitrogens with one attached hydrogen (secondary N) is 1. The first-order valence-corrected chi connectivity index (χ1v) is 6.66. The van der Waals surface area contributed by atoms with Crippen LogP contribution in [0.3, 0.4) is 0 Å². The van der Waals surface area contributed by atoms with Gasteiger partial charge in [-0.05, 0) is 31.4 Å². The fraction of sp³-hybridized carbons (Fsp3) is 0.533. The maximum absolute atomic E-state index is 12.1. The minimum absolute atomic E-state index is 0.0320. The first-order chi connectivity index (χ1) is 8.60. The number of hydrogen-bond donors (Lipinski definition) is 2. The summed E-state index contributed by atoms with van der Waals surface area (Å²) in [5.74, 6) is -0.00317. The number of carbonyl (C=O) groups excluding carboxylic acids is 1. The van der Waals surface area contributed by atoms with Crippen molar-refractivity contribution in [3.05, 3.63) is 35.4 Å². The fourth-order valence-corrected chi connectivity index (χ4v) is 2.19. The van der Waals surface area contributed by atoms with E-state index in [0.29, 0.717) is 6.54 Å². The Morgan fingerprint density at radius 1 is 1.39 bits per heavy atom. The Balaban J connectivity index is 2.67. The van der Waals surface area contributed by atoms with Crippen LogP contribution in [0.15, 0.2) is 24.3 Å². The third kappa shape index (κ3) is 3.84. The molecule has 3 nitrogen and oxygen atoms in total. The number of carbonyl (C=O) groups is 1. The van der Waals surface area contributed by atoms with Gasteiger partial charge in [0, 0.05) is 6.54 Å². The quantitative estimate of drug-likeness (QED) is 0.813. The maximum Gasteiger partial charge on any atom is 0.224 e. The van der Waals surface area contributed by atoms with Crippen LogP contribution in [0.4, 0.5) is 0 Å². The summed E-state index contributed by atoms with van der Waals surface area (Å²) < 4.78 is 0. The zero-order chi connectivity index (χ0) is 13.5. The van der Waals surface area contributed by atoms with E-state index in [1.807, 2.05) is 19.1 Å². The van der Waals surface area contributed by atoms with Gasteiger partial charge in [-0.25, -0.2) is 0 Å². The van der Waals surface area contributed by atoms with Crippen molar-refractivity contribution >= 4 is 5.91 Å². The van der Waals surface area contributed by atoms with Gasteiger partial charge in [0.15, 0.2) is 0 Å². The summed E-state index contributed by atoms with van der Waals surface area (Å²) in [6, 6.07) is 8.15. The molecule has 0 saturated heterocycles. The largest absolute Gasteiger partial charge is 0.349 e. The molecular formula is C15H24N2O. The molecule has 1 amide bonds. The summed E-state index contributed by atoms with van der Waals surface area (Å²) >= 11 is 0. The third-order valence-corrected chi connectivity index (χ3v) is 3.31. The van der Waals surface area contributed by atoms with Crippen LogP contribution < -0.4 is 11.1 Å². The monoisotopic (exact) mass is 248 g/mol. The lowest BCUT2D eigenvalue weighted by atomic mass is 9.99. The Labute approximate surface area is 110 Å². The van der Waals surface area contributed by atoms with E-state index in [2.05, 4.69) is 31.3 Å². The molecule has 3 N–H and O–H groups in total. The molecule has 0 aliphatic carbocycles. The summed E-state index contributed by atoms with van der Waals surface area (Å²) in [6.45, 7) is 6.56. The van der Waals surface area contributed by atoms with Crippen LogP contribution in [0.2, 0.25) is 0 Å². The predicted molar refractivity (Wildman–Crippen MR) is 75.2 cm³/mol. The summed E-state index contributed by atoms with van der Waals surface area (Å²) in [6.07, 6.45) is 1.83. The maximum atomic E-state index is 12.1. The molecule has 0 aliphatic rings. The van der Waals surface area contributed by atoms with E-state index in [1.165, 1.54) is 5.56 Å². The van der Waals surface area contributed by atoms with E-state index < -0.39 is 0 Å². The minimum Gasteiger partial charge on any atom is -0.349 e. The molecule has 2 atom stereocenters. The highest BCUT2D eigenvalue weighted by Gasteiger charge is 2.18. The lowest BCUT2D eigenvalue weighted by Crippen LogP contribution is -2.36. The number of amides is 1. The van der Waals surface area contributed by atoms with Crippen molar-refractivity contribution in [1.82, 2.24) is 5.32 Å². The van der Waals surface area contributed by atoms with Gasteiger partial charge in [-0.3, -0.25) is 4.79 Å². The average Bonchev–Trinajstić information content (AvgIpc) is 2.36. The molecule has 0 saturated carbocycles. The summed E-state index contributed by atoms with van der Waals surface area (Å²) in [5, 5.41) is 3.05. The van der Waals surface area contributed by atoms with Crippen LogP contribution >= 0.6 is 0 Å². The van der Waals surface area contributed by atoms with Gasteiger partial charge in [-0.1, -0.05) is 37.6 Å². The lowest BCUT2D eigenvalue weighted by molar-refractivity contribution is -0.125. The molecular weight excluding hydrogens is 224 g/mol. The topological polar surface area (TPSA) is 55.1 Å². The Bertz CT molecular complexity index is 390. The first kappa shape index (κ1) is 14.7. The second kappa shape index (κ2) is 7.17. The SMILES string of the molecule is CCCC(CN)C(=O)N[C@H](C)c1ccccc1C. The normalized spacial score (nSPS) is 14.0. The van der Waals surface area contributed by atoms with E-state index >= 15 is 0 Å². The fourth-order valence-electron chi connectivity index (χ4n) is 2.19. The zero-order valence-electron chi connectivity index (χ0n) is 11.6. The molecule has 100 valence electrons. The van der Waals surface area contributed by atoms with E-state index in [0.717, 1.165) is 18.4 Å². The smallest absolute Gasteiger partial charge is 0.224 e. The Morgan fingerprint density at radius 2 is 2.06 bits per heavy atom. The summed E-state index contributed by atoms with van der Waals surface area (Å²) in [7, 11) is 0. The molecule has 0 heterocycles. The van der Waals surface area contributed by atoms with Crippen molar-refractivity contribution in [2.45, 2.75) is 39.7 Å². The molecule has 18 heavy (non-hydrogen) atoms. The molecule has 3 heteroatoms. The molecule has 1 rings (SSSR count). The molecule has 1 aromatic carbocycles. The first-order valence-electron chi connectivity index (χ1n) is 6.66. The van der Waals surface area contributed by atoms with Gasteiger partial charge in [0.1, 0.15) is 0 Å². The van der Waals surface area contributed by atoms with Gasteiger partial charge >= 0.3 is 0 Å². The molecule has 0 fully saturated rings. The van der Waals surface area contributed by atoms with Crippen LogP contribution in [0.1, 0.15) is 43.9 Å². The van der Waals surface area contributed by atoms with Gasteiger partial charge in [-0.2, -0.15) is 0 Å². The van der Waals surface area contributed by atoms with Gasteiger partial charge < -0.3 is 11.1 Å². The number of aryl methyl sites for hydroxylation is 1. The van der Waals surface area contributed by atoms with Crippen LogP contribution in [0.5, 0.6) is 0 Å². The van der Waals surface area contributed by atoms with Crippen LogP contribution in [0, 0.1) is 12.8 Å². The molecule has 0 aromatic heterocycles. The highest BCUT2D eigenvalue weighted by molar-refractivity contribution is 5.79. The molecule has 0 spiro atoms. The molecule has 1 unspecified atom stereocenters. The number of hydrogen-bond acceptors (Lipinski definition) is 2. The van der Waals surface area contributed by atoms with Crippen molar-refractivity contribution in [3.8, 4) is 0 Å². The number of benzene rings is 1. The summed E-state index contributed by atoms with van der Waals surface area (Å²) in [4.78, 5) is 12.1. The van der Waals surface area contributed by atoms with Gasteiger partial charge in [-0.15, -0.1) is 0 Å². The third-order valence-electron chi connectivity index (χ3n) is 3.31. The van der Waals surface area contributed by atoms with E-state index in [1.54, 1.807) is 0 Å². The summed E-state index contributed by atoms with van der Waals surface area (Å²) in [5.41, 5.74) is 8.01. The number of rotatable bonds is 6. The van der Waals surface area contributed by atoms with Crippen molar-refractivity contribution in [1.29, 1.82) is 0 Å². The van der Waals surface area contributed by atoms with Crippen molar-refractivity contribution < 1.29 is 4.79 Å². The van der Waals surface area contributed by atoms with Crippen molar-refractivity contribution in [3.63, 3.8) is 0 Å². The highest BCUT2D eigenvalue weighted by Crippen LogP contribution is 2.17. The van der Waals surface area contributed by atoms with Crippen LogP contribution in [-0.4, -0.2) is 12.5 Å². The van der Waals surface area contributed by atoms with E-state index in [4.69, 9.17) is 5.73 Å². The van der Waals surface area contributed by atoms with Crippen LogP contribution in [0.25, 0.3) is 0 Å². The van der Waals surface area contributed by atoms with Crippen molar-refractivity contribution in [2.24, 2.45) is 11.7 Å². The lowest BCUT2D eigenvalue weighted by Gasteiger charge is -2.20. The Hall–Kier alpha value is -1.35. The van der Waals surface area contributed by atoms with Gasteiger partial charge in [0.05, 0.1) is 12.0 Å². The molecule has 0 bridgehead atoms. The van der Waals surface area contributed by atoms with Crippen molar-refractivity contribution in [2.75, 3.05) is 6.54 Å². The average molecular weight is 248 g/mol. The van der Waals surface area contributed by atoms with Gasteiger partial charge in [0.2, 0.25) is 5.91 Å². The Kier molecular flexibility index (Phi) is 5.86. The minimum atomic E-state index is -0.0681. The van der Waals surface area contributed by atoms with E-state index in [-0.39, 0.29) is 17.9 Å². The van der Waals surface area contributed by atoms with E-state index in [9.17, 15) is 4.79 Å². The second-order valence-corrected chi connectivity index (χ2v) is 4.81. The second-order valence-electron chi connectivity index (χ2n) is 4.81. The predicted octanol–water partition coefficient (Wildman–Crippen LogP) is 2.55. The Morgan fingerprint density at radius 3 is 2.61 bits per heavy atom.